The molecule has 15 heavy (non-hydrogen) atoms. The molecule has 0 radical (unpaired) electrons. The van der Waals surface area contributed by atoms with Crippen molar-refractivity contribution in [3.8, 4) is 11.8 Å². The molecule has 4 heteroatoms. The average molecular weight is 268 g/mol. The van der Waals surface area contributed by atoms with Gasteiger partial charge in [0.1, 0.15) is 0 Å². The minimum atomic E-state index is 0.547. The van der Waals surface area contributed by atoms with Gasteiger partial charge in [-0.15, -0.1) is 0 Å². The Morgan fingerprint density at radius 1 is 1.13 bits per heavy atom. The molecule has 2 aromatic rings. The first-order valence-electron chi connectivity index (χ1n) is 4.43. The lowest BCUT2D eigenvalue weighted by atomic mass is 10.2. The Hall–Kier alpha value is -1.29. The fraction of sp³-hybridized carbons (Fsp3) is 0.182. The molecule has 0 fully saturated rings. The number of methoxy groups -OCH3 is 2. The van der Waals surface area contributed by atoms with Crippen LogP contribution in [0.2, 0.25) is 0 Å². The van der Waals surface area contributed by atoms with Gasteiger partial charge >= 0.3 is 0 Å². The highest BCUT2D eigenvalue weighted by atomic mass is 79.9. The quantitative estimate of drug-likeness (QED) is 0.838. The molecule has 0 aliphatic heterocycles. The Bertz CT molecular complexity index is 499. The Morgan fingerprint density at radius 2 is 1.93 bits per heavy atom. The third-order valence-electron chi connectivity index (χ3n) is 2.17. The lowest BCUT2D eigenvalue weighted by Gasteiger charge is -2.08. The van der Waals surface area contributed by atoms with Crippen LogP contribution in [0.5, 0.6) is 11.8 Å². The summed E-state index contributed by atoms with van der Waals surface area (Å²) in [6.07, 6.45) is 0. The molecule has 0 bridgehead atoms. The number of halogens is 1. The summed E-state index contributed by atoms with van der Waals surface area (Å²) < 4.78 is 11.3. The number of aromatic nitrogens is 1. The van der Waals surface area contributed by atoms with Crippen molar-refractivity contribution in [1.82, 2.24) is 4.98 Å². The first kappa shape index (κ1) is 10.2. The normalized spacial score (nSPS) is 10.3. The van der Waals surface area contributed by atoms with E-state index < -0.39 is 0 Å². The summed E-state index contributed by atoms with van der Waals surface area (Å²) >= 11 is 3.48. The molecule has 0 spiro atoms. The minimum Gasteiger partial charge on any atom is -0.481 e. The molecule has 3 nitrogen and oxygen atoms in total. The first-order valence-corrected chi connectivity index (χ1v) is 5.23. The van der Waals surface area contributed by atoms with E-state index >= 15 is 0 Å². The lowest BCUT2D eigenvalue weighted by Crippen LogP contribution is -1.93. The molecule has 0 N–H and O–H groups in total. The molecule has 0 aliphatic rings. The number of pyridine rings is 1. The fourth-order valence-electron chi connectivity index (χ4n) is 1.45. The van der Waals surface area contributed by atoms with Crippen LogP contribution in [0.3, 0.4) is 0 Å². The van der Waals surface area contributed by atoms with Gasteiger partial charge < -0.3 is 9.47 Å². The zero-order chi connectivity index (χ0) is 10.8. The van der Waals surface area contributed by atoms with Crippen LogP contribution in [0, 0.1) is 0 Å². The predicted octanol–water partition coefficient (Wildman–Crippen LogP) is 3.01. The van der Waals surface area contributed by atoms with Gasteiger partial charge in [-0.2, -0.15) is 4.98 Å². The molecule has 0 unspecified atom stereocenters. The highest BCUT2D eigenvalue weighted by Crippen LogP contribution is 2.32. The van der Waals surface area contributed by atoms with Crippen LogP contribution in [0.1, 0.15) is 0 Å². The van der Waals surface area contributed by atoms with E-state index in [-0.39, 0.29) is 0 Å². The fourth-order valence-corrected chi connectivity index (χ4v) is 1.93. The Balaban J connectivity index is 2.80. The smallest absolute Gasteiger partial charge is 0.224 e. The second kappa shape index (κ2) is 4.06. The molecule has 2 rings (SSSR count). The van der Waals surface area contributed by atoms with Gasteiger partial charge in [0, 0.05) is 21.3 Å². The average Bonchev–Trinajstić information content (AvgIpc) is 2.28. The topological polar surface area (TPSA) is 31.4 Å². The van der Waals surface area contributed by atoms with Crippen molar-refractivity contribution in [3.05, 3.63) is 28.7 Å². The molecule has 0 aliphatic carbocycles. The van der Waals surface area contributed by atoms with E-state index in [0.29, 0.717) is 11.8 Å². The zero-order valence-electron chi connectivity index (χ0n) is 8.45. The van der Waals surface area contributed by atoms with Crippen LogP contribution in [0.25, 0.3) is 10.8 Å². The standard InChI is InChI=1S/C11H10BrNO2/c1-14-10-6-8-7(11(13-10)15-2)4-3-5-9(8)12/h3-6H,1-2H3. The van der Waals surface area contributed by atoms with Gasteiger partial charge in [-0.05, 0) is 12.1 Å². The third kappa shape index (κ3) is 1.77. The largest absolute Gasteiger partial charge is 0.481 e. The Kier molecular flexibility index (Phi) is 2.77. The molecule has 1 aromatic heterocycles. The SMILES string of the molecule is COc1cc2c(Br)cccc2c(OC)n1. The molecule has 0 saturated carbocycles. The Morgan fingerprint density at radius 3 is 2.60 bits per heavy atom. The summed E-state index contributed by atoms with van der Waals surface area (Å²) in [5.74, 6) is 1.12. The molecule has 1 heterocycles. The second-order valence-corrected chi connectivity index (χ2v) is 3.86. The van der Waals surface area contributed by atoms with Gasteiger partial charge in [-0.3, -0.25) is 0 Å². The van der Waals surface area contributed by atoms with Crippen molar-refractivity contribution < 1.29 is 9.47 Å². The number of nitrogens with zero attached hydrogens (tertiary/aromatic N) is 1. The van der Waals surface area contributed by atoms with E-state index in [1.54, 1.807) is 14.2 Å². The van der Waals surface area contributed by atoms with Crippen molar-refractivity contribution in [3.63, 3.8) is 0 Å². The molecule has 0 amide bonds. The molecule has 1 aromatic carbocycles. The third-order valence-corrected chi connectivity index (χ3v) is 2.86. The maximum atomic E-state index is 5.21. The maximum Gasteiger partial charge on any atom is 0.224 e. The van der Waals surface area contributed by atoms with Crippen molar-refractivity contribution in [1.29, 1.82) is 0 Å². The molecule has 78 valence electrons. The van der Waals surface area contributed by atoms with Crippen LogP contribution in [-0.4, -0.2) is 19.2 Å². The number of hydrogen-bond donors (Lipinski definition) is 0. The summed E-state index contributed by atoms with van der Waals surface area (Å²) in [7, 11) is 3.19. The zero-order valence-corrected chi connectivity index (χ0v) is 10.0. The van der Waals surface area contributed by atoms with E-state index in [1.807, 2.05) is 24.3 Å². The van der Waals surface area contributed by atoms with E-state index in [2.05, 4.69) is 20.9 Å². The van der Waals surface area contributed by atoms with Gasteiger partial charge in [0.15, 0.2) is 0 Å². The number of rotatable bonds is 2. The number of fused-ring (bicyclic) bond motifs is 1. The maximum absolute atomic E-state index is 5.21. The van der Waals surface area contributed by atoms with E-state index in [0.717, 1.165) is 15.2 Å². The summed E-state index contributed by atoms with van der Waals surface area (Å²) in [5.41, 5.74) is 0. The van der Waals surface area contributed by atoms with E-state index in [1.165, 1.54) is 0 Å². The van der Waals surface area contributed by atoms with E-state index in [4.69, 9.17) is 9.47 Å². The van der Waals surface area contributed by atoms with Crippen molar-refractivity contribution in [2.45, 2.75) is 0 Å². The monoisotopic (exact) mass is 267 g/mol. The van der Waals surface area contributed by atoms with Gasteiger partial charge in [0.05, 0.1) is 14.2 Å². The van der Waals surface area contributed by atoms with Crippen LogP contribution in [0.4, 0.5) is 0 Å². The van der Waals surface area contributed by atoms with Crippen molar-refractivity contribution in [2.75, 3.05) is 14.2 Å². The number of benzene rings is 1. The molecule has 0 saturated heterocycles. The number of hydrogen-bond acceptors (Lipinski definition) is 3. The highest BCUT2D eigenvalue weighted by molar-refractivity contribution is 9.10. The van der Waals surface area contributed by atoms with E-state index in [9.17, 15) is 0 Å². The van der Waals surface area contributed by atoms with Gasteiger partial charge in [0.25, 0.3) is 0 Å². The lowest BCUT2D eigenvalue weighted by molar-refractivity contribution is 0.368. The summed E-state index contributed by atoms with van der Waals surface area (Å²) in [5, 5.41) is 1.99. The number of ether oxygens (including phenoxy) is 2. The molecule has 0 atom stereocenters. The first-order chi connectivity index (χ1) is 7.26. The van der Waals surface area contributed by atoms with Crippen LogP contribution < -0.4 is 9.47 Å². The summed E-state index contributed by atoms with van der Waals surface area (Å²) in [6.45, 7) is 0. The highest BCUT2D eigenvalue weighted by Gasteiger charge is 2.08. The minimum absolute atomic E-state index is 0.547. The van der Waals surface area contributed by atoms with Gasteiger partial charge in [-0.25, -0.2) is 0 Å². The molecular formula is C11H10BrNO2. The van der Waals surface area contributed by atoms with Crippen molar-refractivity contribution >= 4 is 26.7 Å². The van der Waals surface area contributed by atoms with Gasteiger partial charge in [-0.1, -0.05) is 22.0 Å². The Labute approximate surface area is 96.2 Å². The summed E-state index contributed by atoms with van der Waals surface area (Å²) in [4.78, 5) is 4.21. The van der Waals surface area contributed by atoms with Crippen LogP contribution >= 0.6 is 15.9 Å². The van der Waals surface area contributed by atoms with Crippen molar-refractivity contribution in [2.24, 2.45) is 0 Å². The predicted molar refractivity (Wildman–Crippen MR) is 62.5 cm³/mol. The van der Waals surface area contributed by atoms with Crippen LogP contribution in [0.15, 0.2) is 28.7 Å². The molecular weight excluding hydrogens is 258 g/mol. The van der Waals surface area contributed by atoms with Crippen LogP contribution in [-0.2, 0) is 0 Å². The van der Waals surface area contributed by atoms with Gasteiger partial charge in [0.2, 0.25) is 11.8 Å². The second-order valence-electron chi connectivity index (χ2n) is 3.01. The summed E-state index contributed by atoms with van der Waals surface area (Å²) in [6, 6.07) is 7.76.